The van der Waals surface area contributed by atoms with Crippen LogP contribution in [0.15, 0.2) is 36.8 Å². The summed E-state index contributed by atoms with van der Waals surface area (Å²) in [7, 11) is 0. The van der Waals surface area contributed by atoms with Crippen LogP contribution in [0, 0.1) is 5.82 Å². The maximum atomic E-state index is 12.8. The average molecular weight is 260 g/mol. The molecule has 0 radical (unpaired) electrons. The quantitative estimate of drug-likeness (QED) is 0.629. The molecule has 1 aromatic heterocycles. The van der Waals surface area contributed by atoms with Gasteiger partial charge >= 0.3 is 5.97 Å². The smallest absolute Gasteiger partial charge is 0.346 e. The number of rotatable bonds is 3. The molecule has 0 bridgehead atoms. The SMILES string of the molecule is CC(C)c1ncncc1C(=O)Oc1ccc(F)cc1. The molecule has 0 atom stereocenters. The van der Waals surface area contributed by atoms with Crippen LogP contribution in [0.1, 0.15) is 35.8 Å². The Labute approximate surface area is 110 Å². The molecule has 19 heavy (non-hydrogen) atoms. The van der Waals surface area contributed by atoms with Crippen molar-refractivity contribution in [1.29, 1.82) is 0 Å². The summed E-state index contributed by atoms with van der Waals surface area (Å²) in [5.74, 6) is -0.564. The number of aromatic nitrogens is 2. The molecule has 2 rings (SSSR count). The van der Waals surface area contributed by atoms with Crippen molar-refractivity contribution in [2.75, 3.05) is 0 Å². The summed E-state index contributed by atoms with van der Waals surface area (Å²) in [6.45, 7) is 3.86. The molecular weight excluding hydrogens is 247 g/mol. The highest BCUT2D eigenvalue weighted by atomic mass is 19.1. The normalized spacial score (nSPS) is 10.5. The number of halogens is 1. The third kappa shape index (κ3) is 3.13. The number of hydrogen-bond donors (Lipinski definition) is 0. The van der Waals surface area contributed by atoms with Crippen LogP contribution in [0.25, 0.3) is 0 Å². The van der Waals surface area contributed by atoms with Crippen LogP contribution in [0.4, 0.5) is 4.39 Å². The highest BCUT2D eigenvalue weighted by Gasteiger charge is 2.17. The topological polar surface area (TPSA) is 52.1 Å². The Morgan fingerprint density at radius 1 is 1.26 bits per heavy atom. The van der Waals surface area contributed by atoms with E-state index in [0.29, 0.717) is 11.3 Å². The number of nitrogens with zero attached hydrogens (tertiary/aromatic N) is 2. The summed E-state index contributed by atoms with van der Waals surface area (Å²) >= 11 is 0. The van der Waals surface area contributed by atoms with E-state index in [0.717, 1.165) is 0 Å². The van der Waals surface area contributed by atoms with Gasteiger partial charge in [-0.1, -0.05) is 13.8 Å². The van der Waals surface area contributed by atoms with Crippen molar-refractivity contribution in [2.24, 2.45) is 0 Å². The minimum atomic E-state index is -0.545. The Morgan fingerprint density at radius 3 is 2.58 bits per heavy atom. The van der Waals surface area contributed by atoms with E-state index >= 15 is 0 Å². The van der Waals surface area contributed by atoms with Gasteiger partial charge in [0.05, 0.1) is 5.69 Å². The van der Waals surface area contributed by atoms with Crippen molar-refractivity contribution in [3.05, 3.63) is 53.9 Å². The van der Waals surface area contributed by atoms with E-state index in [1.165, 1.54) is 36.8 Å². The van der Waals surface area contributed by atoms with Crippen molar-refractivity contribution in [3.63, 3.8) is 0 Å². The first-order valence-electron chi connectivity index (χ1n) is 5.85. The third-order valence-electron chi connectivity index (χ3n) is 2.53. The molecular formula is C14H13FN2O2. The molecule has 0 N–H and O–H groups in total. The summed E-state index contributed by atoms with van der Waals surface area (Å²) in [5.41, 5.74) is 0.948. The lowest BCUT2D eigenvalue weighted by Crippen LogP contribution is -2.14. The van der Waals surface area contributed by atoms with Gasteiger partial charge in [-0.3, -0.25) is 0 Å². The zero-order valence-electron chi connectivity index (χ0n) is 10.6. The van der Waals surface area contributed by atoms with E-state index in [1.54, 1.807) is 0 Å². The van der Waals surface area contributed by atoms with Crippen LogP contribution in [0.5, 0.6) is 5.75 Å². The van der Waals surface area contributed by atoms with Crippen molar-refractivity contribution in [3.8, 4) is 5.75 Å². The van der Waals surface area contributed by atoms with Crippen molar-refractivity contribution < 1.29 is 13.9 Å². The summed E-state index contributed by atoms with van der Waals surface area (Å²) < 4.78 is 17.9. The molecule has 0 spiro atoms. The summed E-state index contributed by atoms with van der Waals surface area (Å²) in [5, 5.41) is 0. The number of benzene rings is 1. The fourth-order valence-corrected chi connectivity index (χ4v) is 1.62. The van der Waals surface area contributed by atoms with E-state index in [4.69, 9.17) is 4.74 Å². The van der Waals surface area contributed by atoms with Gasteiger partial charge in [-0.25, -0.2) is 19.2 Å². The van der Waals surface area contributed by atoms with Gasteiger partial charge in [-0.05, 0) is 30.2 Å². The first-order chi connectivity index (χ1) is 9.08. The Balaban J connectivity index is 2.23. The van der Waals surface area contributed by atoms with Crippen LogP contribution >= 0.6 is 0 Å². The molecule has 0 aliphatic rings. The van der Waals surface area contributed by atoms with Gasteiger partial charge in [0, 0.05) is 6.20 Å². The van der Waals surface area contributed by atoms with Gasteiger partial charge in [0.15, 0.2) is 0 Å². The second-order valence-corrected chi connectivity index (χ2v) is 4.32. The molecule has 0 saturated carbocycles. The number of carbonyl (C=O) groups is 1. The fraction of sp³-hybridized carbons (Fsp3) is 0.214. The van der Waals surface area contributed by atoms with Crippen molar-refractivity contribution >= 4 is 5.97 Å². The van der Waals surface area contributed by atoms with E-state index in [2.05, 4.69) is 9.97 Å². The maximum absolute atomic E-state index is 12.8. The van der Waals surface area contributed by atoms with Gasteiger partial charge in [-0.2, -0.15) is 0 Å². The Morgan fingerprint density at radius 2 is 1.95 bits per heavy atom. The molecule has 0 unspecified atom stereocenters. The van der Waals surface area contributed by atoms with E-state index < -0.39 is 5.97 Å². The molecule has 0 aliphatic heterocycles. The predicted molar refractivity (Wildman–Crippen MR) is 67.5 cm³/mol. The second kappa shape index (κ2) is 5.56. The molecule has 0 amide bonds. The second-order valence-electron chi connectivity index (χ2n) is 4.32. The van der Waals surface area contributed by atoms with Gasteiger partial charge in [0.1, 0.15) is 23.5 Å². The molecule has 2 aromatic rings. The molecule has 98 valence electrons. The zero-order valence-corrected chi connectivity index (χ0v) is 10.6. The maximum Gasteiger partial charge on any atom is 0.346 e. The van der Waals surface area contributed by atoms with Crippen LogP contribution < -0.4 is 4.74 Å². The monoisotopic (exact) mass is 260 g/mol. The first-order valence-corrected chi connectivity index (χ1v) is 5.85. The Hall–Kier alpha value is -2.30. The Kier molecular flexibility index (Phi) is 3.85. The third-order valence-corrected chi connectivity index (χ3v) is 2.53. The van der Waals surface area contributed by atoms with Crippen molar-refractivity contribution in [1.82, 2.24) is 9.97 Å². The van der Waals surface area contributed by atoms with Gasteiger partial charge in [0.25, 0.3) is 0 Å². The van der Waals surface area contributed by atoms with Gasteiger partial charge in [0.2, 0.25) is 0 Å². The largest absolute Gasteiger partial charge is 0.423 e. The predicted octanol–water partition coefficient (Wildman–Crippen LogP) is 2.96. The van der Waals surface area contributed by atoms with E-state index in [9.17, 15) is 9.18 Å². The Bertz CT molecular complexity index is 582. The summed E-state index contributed by atoms with van der Waals surface area (Å²) in [6, 6.07) is 5.25. The van der Waals surface area contributed by atoms with Gasteiger partial charge in [-0.15, -0.1) is 0 Å². The number of hydrogen-bond acceptors (Lipinski definition) is 4. The first kappa shape index (κ1) is 13.1. The molecule has 4 nitrogen and oxygen atoms in total. The average Bonchev–Trinajstić information content (AvgIpc) is 2.41. The van der Waals surface area contributed by atoms with E-state index in [1.807, 2.05) is 13.8 Å². The lowest BCUT2D eigenvalue weighted by atomic mass is 10.1. The minimum Gasteiger partial charge on any atom is -0.423 e. The zero-order chi connectivity index (χ0) is 13.8. The van der Waals surface area contributed by atoms with Gasteiger partial charge < -0.3 is 4.74 Å². The van der Waals surface area contributed by atoms with E-state index in [-0.39, 0.29) is 17.5 Å². The molecule has 1 aromatic carbocycles. The summed E-state index contributed by atoms with van der Waals surface area (Å²) in [4.78, 5) is 19.9. The van der Waals surface area contributed by atoms with Crippen LogP contribution in [-0.2, 0) is 0 Å². The van der Waals surface area contributed by atoms with Crippen molar-refractivity contribution in [2.45, 2.75) is 19.8 Å². The molecule has 0 saturated heterocycles. The molecule has 0 aliphatic carbocycles. The highest BCUT2D eigenvalue weighted by Crippen LogP contribution is 2.18. The standard InChI is InChI=1S/C14H13FN2O2/c1-9(2)13-12(7-16-8-17-13)14(18)19-11-5-3-10(15)4-6-11/h3-9H,1-2H3. The fourth-order valence-electron chi connectivity index (χ4n) is 1.62. The van der Waals surface area contributed by atoms with Crippen LogP contribution in [-0.4, -0.2) is 15.9 Å². The number of esters is 1. The number of ether oxygens (including phenoxy) is 1. The molecule has 5 heteroatoms. The summed E-state index contributed by atoms with van der Waals surface area (Å²) in [6.07, 6.45) is 2.82. The molecule has 0 fully saturated rings. The number of carbonyl (C=O) groups excluding carboxylic acids is 1. The van der Waals surface area contributed by atoms with Crippen LogP contribution in [0.2, 0.25) is 0 Å². The highest BCUT2D eigenvalue weighted by molar-refractivity contribution is 5.92. The minimum absolute atomic E-state index is 0.0822. The lowest BCUT2D eigenvalue weighted by Gasteiger charge is -2.10. The molecule has 1 heterocycles. The van der Waals surface area contributed by atoms with Crippen LogP contribution in [0.3, 0.4) is 0 Å². The lowest BCUT2D eigenvalue weighted by molar-refractivity contribution is 0.0732.